The van der Waals surface area contributed by atoms with Gasteiger partial charge in [-0.3, -0.25) is 4.90 Å². The number of hydrogen-bond acceptors (Lipinski definition) is 4. The third-order valence-corrected chi connectivity index (χ3v) is 5.04. The van der Waals surface area contributed by atoms with Crippen molar-refractivity contribution >= 4 is 17.0 Å². The normalized spacial score (nSPS) is 16.0. The van der Waals surface area contributed by atoms with Crippen molar-refractivity contribution < 1.29 is 4.74 Å². The van der Waals surface area contributed by atoms with Crippen LogP contribution in [0.3, 0.4) is 0 Å². The van der Waals surface area contributed by atoms with Gasteiger partial charge in [-0.05, 0) is 38.1 Å². The van der Waals surface area contributed by atoms with Gasteiger partial charge in [0.15, 0.2) is 0 Å². The van der Waals surface area contributed by atoms with Crippen molar-refractivity contribution in [1.82, 2.24) is 4.90 Å². The summed E-state index contributed by atoms with van der Waals surface area (Å²) in [7, 11) is 0. The largest absolute Gasteiger partial charge is 0.492 e. The Morgan fingerprint density at radius 1 is 1.05 bits per heavy atom. The van der Waals surface area contributed by atoms with Crippen LogP contribution >= 0.6 is 11.3 Å². The number of para-hydroxylation sites is 2. The number of benzene rings is 1. The predicted octanol–water partition coefficient (Wildman–Crippen LogP) is 3.78. The highest BCUT2D eigenvalue weighted by molar-refractivity contribution is 7.11. The molecule has 118 valence electrons. The summed E-state index contributed by atoms with van der Waals surface area (Å²) in [5, 5.41) is 0. The van der Waals surface area contributed by atoms with E-state index >= 15 is 0 Å². The summed E-state index contributed by atoms with van der Waals surface area (Å²) >= 11 is 1.91. The minimum Gasteiger partial charge on any atom is -0.492 e. The summed E-state index contributed by atoms with van der Waals surface area (Å²) in [5.41, 5.74) is 1.23. The van der Waals surface area contributed by atoms with Crippen LogP contribution in [-0.2, 0) is 6.54 Å². The smallest absolute Gasteiger partial charge is 0.142 e. The number of piperazine rings is 1. The molecule has 0 amide bonds. The average molecular weight is 316 g/mol. The van der Waals surface area contributed by atoms with Crippen LogP contribution in [0.25, 0.3) is 0 Å². The van der Waals surface area contributed by atoms with Gasteiger partial charge in [0.1, 0.15) is 5.75 Å². The molecule has 1 aliphatic rings. The molecule has 1 aromatic heterocycles. The second kappa shape index (κ2) is 7.16. The first-order chi connectivity index (χ1) is 10.8. The average Bonchev–Trinajstić information content (AvgIpc) is 2.94. The van der Waals surface area contributed by atoms with Crippen molar-refractivity contribution in [3.05, 3.63) is 46.2 Å². The number of nitrogens with zero attached hydrogens (tertiary/aromatic N) is 2. The predicted molar refractivity (Wildman–Crippen MR) is 94.2 cm³/mol. The lowest BCUT2D eigenvalue weighted by atomic mass is 10.2. The van der Waals surface area contributed by atoms with E-state index in [1.54, 1.807) is 0 Å². The van der Waals surface area contributed by atoms with E-state index in [1.807, 2.05) is 24.3 Å². The molecule has 2 heterocycles. The van der Waals surface area contributed by atoms with Crippen LogP contribution in [0, 0.1) is 6.92 Å². The highest BCUT2D eigenvalue weighted by Gasteiger charge is 2.19. The van der Waals surface area contributed by atoms with E-state index < -0.39 is 0 Å². The summed E-state index contributed by atoms with van der Waals surface area (Å²) < 4.78 is 5.76. The Balaban J connectivity index is 1.59. The number of rotatable bonds is 5. The first-order valence-corrected chi connectivity index (χ1v) is 8.82. The molecular formula is C18H24N2OS. The van der Waals surface area contributed by atoms with E-state index in [2.05, 4.69) is 47.1 Å². The standard InChI is InChI=1S/C18H24N2OS/c1-3-21-18-7-5-4-6-17(18)20-12-10-19(11-13-20)14-16-9-8-15(2)22-16/h4-9H,3,10-14H2,1-2H3. The van der Waals surface area contributed by atoms with Crippen LogP contribution in [0.2, 0.25) is 0 Å². The van der Waals surface area contributed by atoms with Gasteiger partial charge < -0.3 is 9.64 Å². The van der Waals surface area contributed by atoms with Gasteiger partial charge in [0.05, 0.1) is 12.3 Å². The van der Waals surface area contributed by atoms with Crippen molar-refractivity contribution in [2.24, 2.45) is 0 Å². The fourth-order valence-corrected chi connectivity index (χ4v) is 3.87. The van der Waals surface area contributed by atoms with E-state index in [0.717, 1.165) is 38.5 Å². The number of thiophene rings is 1. The monoisotopic (exact) mass is 316 g/mol. The zero-order valence-corrected chi connectivity index (χ0v) is 14.2. The zero-order valence-electron chi connectivity index (χ0n) is 13.4. The van der Waals surface area contributed by atoms with Gasteiger partial charge in [0, 0.05) is 42.5 Å². The van der Waals surface area contributed by atoms with Crippen molar-refractivity contribution in [3.63, 3.8) is 0 Å². The van der Waals surface area contributed by atoms with Crippen LogP contribution in [0.5, 0.6) is 5.75 Å². The fraction of sp³-hybridized carbons (Fsp3) is 0.444. The molecule has 0 aliphatic carbocycles. The molecule has 0 bridgehead atoms. The molecule has 0 saturated carbocycles. The molecule has 1 aliphatic heterocycles. The Bertz CT molecular complexity index is 603. The van der Waals surface area contributed by atoms with E-state index in [1.165, 1.54) is 15.4 Å². The molecule has 0 N–H and O–H groups in total. The van der Waals surface area contributed by atoms with Gasteiger partial charge in [-0.2, -0.15) is 0 Å². The molecule has 0 radical (unpaired) electrons. The van der Waals surface area contributed by atoms with Gasteiger partial charge >= 0.3 is 0 Å². The van der Waals surface area contributed by atoms with E-state index in [9.17, 15) is 0 Å². The maximum atomic E-state index is 5.76. The molecule has 3 rings (SSSR count). The molecule has 0 spiro atoms. The molecule has 1 saturated heterocycles. The Morgan fingerprint density at radius 3 is 2.50 bits per heavy atom. The molecule has 0 unspecified atom stereocenters. The molecule has 3 nitrogen and oxygen atoms in total. The van der Waals surface area contributed by atoms with Crippen molar-refractivity contribution in [3.8, 4) is 5.75 Å². The summed E-state index contributed by atoms with van der Waals surface area (Å²) in [4.78, 5) is 7.87. The summed E-state index contributed by atoms with van der Waals surface area (Å²) in [6.07, 6.45) is 0. The minimum absolute atomic E-state index is 0.717. The number of hydrogen-bond donors (Lipinski definition) is 0. The van der Waals surface area contributed by atoms with Crippen LogP contribution in [0.4, 0.5) is 5.69 Å². The number of anilines is 1. The maximum Gasteiger partial charge on any atom is 0.142 e. The zero-order chi connectivity index (χ0) is 15.4. The lowest BCUT2D eigenvalue weighted by molar-refractivity contribution is 0.250. The highest BCUT2D eigenvalue weighted by atomic mass is 32.1. The Labute approximate surface area is 137 Å². The topological polar surface area (TPSA) is 15.7 Å². The van der Waals surface area contributed by atoms with Gasteiger partial charge in [0.25, 0.3) is 0 Å². The SMILES string of the molecule is CCOc1ccccc1N1CCN(Cc2ccc(C)s2)CC1. The highest BCUT2D eigenvalue weighted by Crippen LogP contribution is 2.29. The molecule has 0 atom stereocenters. The molecule has 22 heavy (non-hydrogen) atoms. The fourth-order valence-electron chi connectivity index (χ4n) is 2.93. The molecule has 2 aromatic rings. The Hall–Kier alpha value is -1.52. The van der Waals surface area contributed by atoms with Gasteiger partial charge in [0.2, 0.25) is 0 Å². The van der Waals surface area contributed by atoms with Gasteiger partial charge in [-0.25, -0.2) is 0 Å². The lowest BCUT2D eigenvalue weighted by Crippen LogP contribution is -2.46. The maximum absolute atomic E-state index is 5.76. The lowest BCUT2D eigenvalue weighted by Gasteiger charge is -2.36. The number of ether oxygens (including phenoxy) is 1. The summed E-state index contributed by atoms with van der Waals surface area (Å²) in [5.74, 6) is 1.01. The van der Waals surface area contributed by atoms with Gasteiger partial charge in [-0.1, -0.05) is 12.1 Å². The molecule has 1 aromatic carbocycles. The third-order valence-electron chi connectivity index (χ3n) is 4.05. The van der Waals surface area contributed by atoms with Crippen molar-refractivity contribution in [2.45, 2.75) is 20.4 Å². The molecule has 1 fully saturated rings. The van der Waals surface area contributed by atoms with Crippen molar-refractivity contribution in [2.75, 3.05) is 37.7 Å². The van der Waals surface area contributed by atoms with Gasteiger partial charge in [-0.15, -0.1) is 11.3 Å². The Morgan fingerprint density at radius 2 is 1.82 bits per heavy atom. The summed E-state index contributed by atoms with van der Waals surface area (Å²) in [6, 6.07) is 12.9. The first kappa shape index (κ1) is 15.4. The van der Waals surface area contributed by atoms with E-state index in [0.29, 0.717) is 6.61 Å². The van der Waals surface area contributed by atoms with Crippen LogP contribution in [0.1, 0.15) is 16.7 Å². The van der Waals surface area contributed by atoms with Crippen molar-refractivity contribution in [1.29, 1.82) is 0 Å². The van der Waals surface area contributed by atoms with Crippen LogP contribution in [0.15, 0.2) is 36.4 Å². The number of aryl methyl sites for hydroxylation is 1. The second-order valence-corrected chi connectivity index (χ2v) is 7.05. The summed E-state index contributed by atoms with van der Waals surface area (Å²) in [6.45, 7) is 10.4. The first-order valence-electron chi connectivity index (χ1n) is 8.00. The van der Waals surface area contributed by atoms with E-state index in [-0.39, 0.29) is 0 Å². The molecule has 4 heteroatoms. The molecular weight excluding hydrogens is 292 g/mol. The third kappa shape index (κ3) is 3.62. The van der Waals surface area contributed by atoms with Crippen LogP contribution < -0.4 is 9.64 Å². The van der Waals surface area contributed by atoms with E-state index in [4.69, 9.17) is 4.74 Å². The quantitative estimate of drug-likeness (QED) is 0.835. The Kier molecular flexibility index (Phi) is 5.01. The minimum atomic E-state index is 0.717. The van der Waals surface area contributed by atoms with Crippen LogP contribution in [-0.4, -0.2) is 37.7 Å². The second-order valence-electron chi connectivity index (χ2n) is 5.68.